The molecular formula is C15H13F3O2. The molecule has 0 spiro atoms. The van der Waals surface area contributed by atoms with Crippen molar-refractivity contribution < 1.29 is 23.0 Å². The van der Waals surface area contributed by atoms with Crippen LogP contribution in [0.4, 0.5) is 13.2 Å². The van der Waals surface area contributed by atoms with Crippen molar-refractivity contribution in [2.75, 3.05) is 7.11 Å². The molecule has 106 valence electrons. The summed E-state index contributed by atoms with van der Waals surface area (Å²) in [5.74, 6) is -3.55. The van der Waals surface area contributed by atoms with Crippen molar-refractivity contribution in [3.63, 3.8) is 0 Å². The lowest BCUT2D eigenvalue weighted by molar-refractivity contribution is 0.172. The predicted molar refractivity (Wildman–Crippen MR) is 68.0 cm³/mol. The highest BCUT2D eigenvalue weighted by atomic mass is 19.2. The molecule has 0 heterocycles. The summed E-state index contributed by atoms with van der Waals surface area (Å²) in [6, 6.07) is 8.65. The number of hydrogen-bond acceptors (Lipinski definition) is 2. The van der Waals surface area contributed by atoms with Gasteiger partial charge in [0.2, 0.25) is 0 Å². The number of aliphatic hydroxyl groups excluding tert-OH is 1. The molecule has 0 bridgehead atoms. The van der Waals surface area contributed by atoms with Crippen LogP contribution in [0, 0.1) is 17.5 Å². The van der Waals surface area contributed by atoms with E-state index in [0.717, 1.165) is 17.7 Å². The van der Waals surface area contributed by atoms with Crippen molar-refractivity contribution in [3.8, 4) is 5.75 Å². The first-order valence-corrected chi connectivity index (χ1v) is 5.97. The van der Waals surface area contributed by atoms with E-state index in [2.05, 4.69) is 0 Å². The van der Waals surface area contributed by atoms with E-state index in [4.69, 9.17) is 4.74 Å². The maximum absolute atomic E-state index is 13.5. The molecule has 0 amide bonds. The minimum atomic E-state index is -1.57. The van der Waals surface area contributed by atoms with E-state index in [1.807, 2.05) is 0 Å². The van der Waals surface area contributed by atoms with Gasteiger partial charge in [0, 0.05) is 12.0 Å². The Kier molecular flexibility index (Phi) is 4.29. The fraction of sp³-hybridized carbons (Fsp3) is 0.200. The number of aliphatic hydroxyl groups is 1. The van der Waals surface area contributed by atoms with Crippen LogP contribution in [-0.4, -0.2) is 12.2 Å². The normalized spacial score (nSPS) is 12.2. The van der Waals surface area contributed by atoms with Gasteiger partial charge in [0.15, 0.2) is 17.5 Å². The van der Waals surface area contributed by atoms with Crippen LogP contribution in [0.15, 0.2) is 36.4 Å². The molecule has 20 heavy (non-hydrogen) atoms. The van der Waals surface area contributed by atoms with Crippen molar-refractivity contribution in [2.24, 2.45) is 0 Å². The van der Waals surface area contributed by atoms with Gasteiger partial charge >= 0.3 is 0 Å². The lowest BCUT2D eigenvalue weighted by Crippen LogP contribution is -2.07. The molecule has 0 fully saturated rings. The topological polar surface area (TPSA) is 29.5 Å². The number of halogens is 3. The summed E-state index contributed by atoms with van der Waals surface area (Å²) in [6.07, 6.45) is -1.16. The van der Waals surface area contributed by atoms with E-state index in [9.17, 15) is 18.3 Å². The summed E-state index contributed by atoms with van der Waals surface area (Å²) in [7, 11) is 1.53. The third-order valence-electron chi connectivity index (χ3n) is 3.01. The van der Waals surface area contributed by atoms with Crippen LogP contribution in [0.25, 0.3) is 0 Å². The molecule has 0 saturated heterocycles. The minimum absolute atomic E-state index is 0.0893. The number of hydrogen-bond donors (Lipinski definition) is 1. The van der Waals surface area contributed by atoms with E-state index in [-0.39, 0.29) is 12.0 Å². The molecule has 0 saturated carbocycles. The van der Waals surface area contributed by atoms with Gasteiger partial charge in [-0.25, -0.2) is 13.2 Å². The average molecular weight is 282 g/mol. The van der Waals surface area contributed by atoms with Crippen molar-refractivity contribution in [1.82, 2.24) is 0 Å². The SMILES string of the molecule is COc1ccc(CC(O)c2ccc(F)c(F)c2F)cc1. The molecule has 2 nitrogen and oxygen atoms in total. The summed E-state index contributed by atoms with van der Waals surface area (Å²) >= 11 is 0. The van der Waals surface area contributed by atoms with E-state index >= 15 is 0 Å². The largest absolute Gasteiger partial charge is 0.497 e. The average Bonchev–Trinajstić information content (AvgIpc) is 2.45. The van der Waals surface area contributed by atoms with Crippen LogP contribution < -0.4 is 4.74 Å². The van der Waals surface area contributed by atoms with Crippen molar-refractivity contribution >= 4 is 0 Å². The monoisotopic (exact) mass is 282 g/mol. The second-order valence-corrected chi connectivity index (χ2v) is 4.33. The Labute approximate surface area is 114 Å². The predicted octanol–water partition coefficient (Wildman–Crippen LogP) is 3.39. The third kappa shape index (κ3) is 2.93. The Hall–Kier alpha value is -2.01. The second-order valence-electron chi connectivity index (χ2n) is 4.33. The summed E-state index contributed by atoms with van der Waals surface area (Å²) in [5, 5.41) is 9.94. The zero-order valence-electron chi connectivity index (χ0n) is 10.7. The summed E-state index contributed by atoms with van der Waals surface area (Å²) in [6.45, 7) is 0. The van der Waals surface area contributed by atoms with Crippen LogP contribution in [0.3, 0.4) is 0 Å². The van der Waals surface area contributed by atoms with Crippen LogP contribution in [-0.2, 0) is 6.42 Å². The van der Waals surface area contributed by atoms with Crippen LogP contribution >= 0.6 is 0 Å². The molecular weight excluding hydrogens is 269 g/mol. The van der Waals surface area contributed by atoms with Gasteiger partial charge in [-0.3, -0.25) is 0 Å². The van der Waals surface area contributed by atoms with Crippen molar-refractivity contribution in [3.05, 3.63) is 65.0 Å². The van der Waals surface area contributed by atoms with Gasteiger partial charge in [0.05, 0.1) is 13.2 Å². The highest BCUT2D eigenvalue weighted by molar-refractivity contribution is 5.29. The van der Waals surface area contributed by atoms with Crippen LogP contribution in [0.1, 0.15) is 17.2 Å². The molecule has 0 aromatic heterocycles. The van der Waals surface area contributed by atoms with Crippen molar-refractivity contribution in [2.45, 2.75) is 12.5 Å². The van der Waals surface area contributed by atoms with E-state index in [1.54, 1.807) is 24.3 Å². The second kappa shape index (κ2) is 5.96. The van der Waals surface area contributed by atoms with Gasteiger partial charge in [-0.15, -0.1) is 0 Å². The fourth-order valence-electron chi connectivity index (χ4n) is 1.89. The Morgan fingerprint density at radius 2 is 1.65 bits per heavy atom. The Balaban J connectivity index is 2.19. The zero-order chi connectivity index (χ0) is 14.7. The van der Waals surface area contributed by atoms with Gasteiger partial charge in [-0.1, -0.05) is 18.2 Å². The first-order chi connectivity index (χ1) is 9.52. The molecule has 1 N–H and O–H groups in total. The molecule has 2 rings (SSSR count). The minimum Gasteiger partial charge on any atom is -0.497 e. The van der Waals surface area contributed by atoms with E-state index in [1.165, 1.54) is 7.11 Å². The van der Waals surface area contributed by atoms with Gasteiger partial charge in [0.1, 0.15) is 5.75 Å². The summed E-state index contributed by atoms with van der Waals surface area (Å²) in [5.41, 5.74) is 0.460. The summed E-state index contributed by atoms with van der Waals surface area (Å²) in [4.78, 5) is 0. The maximum atomic E-state index is 13.5. The zero-order valence-corrected chi connectivity index (χ0v) is 10.7. The smallest absolute Gasteiger partial charge is 0.194 e. The fourth-order valence-corrected chi connectivity index (χ4v) is 1.89. The highest BCUT2D eigenvalue weighted by Crippen LogP contribution is 2.25. The Morgan fingerprint density at radius 1 is 1.00 bits per heavy atom. The van der Waals surface area contributed by atoms with E-state index < -0.39 is 23.6 Å². The lowest BCUT2D eigenvalue weighted by Gasteiger charge is -2.13. The Bertz CT molecular complexity index is 597. The quantitative estimate of drug-likeness (QED) is 0.871. The number of methoxy groups -OCH3 is 1. The molecule has 1 atom stereocenters. The molecule has 0 aliphatic heterocycles. The lowest BCUT2D eigenvalue weighted by atomic mass is 10.0. The van der Waals surface area contributed by atoms with Gasteiger partial charge < -0.3 is 9.84 Å². The third-order valence-corrected chi connectivity index (χ3v) is 3.01. The van der Waals surface area contributed by atoms with Gasteiger partial charge in [0.25, 0.3) is 0 Å². The van der Waals surface area contributed by atoms with Crippen LogP contribution in [0.2, 0.25) is 0 Å². The standard InChI is InChI=1S/C15H13F3O2/c1-20-10-4-2-9(3-5-10)8-13(19)11-6-7-12(16)15(18)14(11)17/h2-7,13,19H,8H2,1H3. The molecule has 5 heteroatoms. The molecule has 0 aliphatic rings. The molecule has 2 aromatic carbocycles. The van der Waals surface area contributed by atoms with Gasteiger partial charge in [-0.2, -0.15) is 0 Å². The first kappa shape index (κ1) is 14.4. The van der Waals surface area contributed by atoms with Crippen LogP contribution in [0.5, 0.6) is 5.75 Å². The van der Waals surface area contributed by atoms with Gasteiger partial charge in [-0.05, 0) is 23.8 Å². The number of ether oxygens (including phenoxy) is 1. The molecule has 1 unspecified atom stereocenters. The highest BCUT2D eigenvalue weighted by Gasteiger charge is 2.19. The Morgan fingerprint density at radius 3 is 2.25 bits per heavy atom. The molecule has 0 aliphatic carbocycles. The molecule has 0 radical (unpaired) electrons. The first-order valence-electron chi connectivity index (χ1n) is 5.97. The molecule has 2 aromatic rings. The number of rotatable bonds is 4. The van der Waals surface area contributed by atoms with Crippen molar-refractivity contribution in [1.29, 1.82) is 0 Å². The van der Waals surface area contributed by atoms with E-state index in [0.29, 0.717) is 5.75 Å². The number of benzene rings is 2. The maximum Gasteiger partial charge on any atom is 0.194 e. The summed E-state index contributed by atoms with van der Waals surface area (Å²) < 4.78 is 44.5.